The van der Waals surface area contributed by atoms with Gasteiger partial charge in [0.25, 0.3) is 0 Å². The van der Waals surface area contributed by atoms with Crippen LogP contribution in [0.5, 0.6) is 0 Å². The van der Waals surface area contributed by atoms with E-state index >= 15 is 0 Å². The molecule has 0 fully saturated rings. The molecule has 0 aliphatic heterocycles. The molecule has 0 saturated carbocycles. The first-order chi connectivity index (χ1) is 9.81. The largest absolute Gasteiger partial charge is 0.357 e. The highest BCUT2D eigenvalue weighted by molar-refractivity contribution is 5.39. The summed E-state index contributed by atoms with van der Waals surface area (Å²) in [6.07, 6.45) is 6.12. The molecule has 1 aromatic rings. The molecule has 1 rings (SSSR count). The standard InChI is InChI=1S/C17H31N3/c1-4-7-13-20(14-8-5-2)17-11-9-10-16(19-17)15-18-12-6-3/h9-11,18H,4-8,12-15H2,1-3H3. The Kier molecular flexibility index (Phi) is 9.05. The van der Waals surface area contributed by atoms with Crippen molar-refractivity contribution in [3.63, 3.8) is 0 Å². The topological polar surface area (TPSA) is 28.2 Å². The van der Waals surface area contributed by atoms with Gasteiger partial charge < -0.3 is 10.2 Å². The van der Waals surface area contributed by atoms with E-state index in [1.54, 1.807) is 0 Å². The molecular formula is C17H31N3. The van der Waals surface area contributed by atoms with Crippen LogP contribution in [0.4, 0.5) is 5.82 Å². The number of nitrogens with one attached hydrogen (secondary N) is 1. The van der Waals surface area contributed by atoms with Crippen molar-refractivity contribution in [2.45, 2.75) is 59.4 Å². The lowest BCUT2D eigenvalue weighted by Gasteiger charge is -2.24. The molecular weight excluding hydrogens is 246 g/mol. The molecule has 1 heterocycles. The van der Waals surface area contributed by atoms with Gasteiger partial charge in [-0.05, 0) is 37.9 Å². The van der Waals surface area contributed by atoms with Crippen molar-refractivity contribution in [1.82, 2.24) is 10.3 Å². The maximum absolute atomic E-state index is 4.81. The number of anilines is 1. The molecule has 1 aromatic heterocycles. The van der Waals surface area contributed by atoms with Gasteiger partial charge in [-0.1, -0.05) is 39.7 Å². The Hall–Kier alpha value is -1.09. The zero-order valence-electron chi connectivity index (χ0n) is 13.5. The molecule has 0 aromatic carbocycles. The van der Waals surface area contributed by atoms with Gasteiger partial charge in [0, 0.05) is 19.6 Å². The molecule has 20 heavy (non-hydrogen) atoms. The molecule has 0 amide bonds. The van der Waals surface area contributed by atoms with Crippen LogP contribution in [0.15, 0.2) is 18.2 Å². The molecule has 1 N–H and O–H groups in total. The van der Waals surface area contributed by atoms with Gasteiger partial charge in [-0.25, -0.2) is 4.98 Å². The molecule has 0 aliphatic carbocycles. The number of unbranched alkanes of at least 4 members (excludes halogenated alkanes) is 2. The third kappa shape index (κ3) is 6.38. The van der Waals surface area contributed by atoms with Gasteiger partial charge in [-0.15, -0.1) is 0 Å². The second-order valence-corrected chi connectivity index (χ2v) is 5.36. The number of pyridine rings is 1. The van der Waals surface area contributed by atoms with Crippen molar-refractivity contribution in [1.29, 1.82) is 0 Å². The van der Waals surface area contributed by atoms with Crippen molar-refractivity contribution in [3.8, 4) is 0 Å². The lowest BCUT2D eigenvalue weighted by atomic mass is 10.2. The van der Waals surface area contributed by atoms with E-state index in [4.69, 9.17) is 4.98 Å². The summed E-state index contributed by atoms with van der Waals surface area (Å²) in [5.41, 5.74) is 1.15. The van der Waals surface area contributed by atoms with Crippen LogP contribution in [0.2, 0.25) is 0 Å². The van der Waals surface area contributed by atoms with Gasteiger partial charge in [0.1, 0.15) is 5.82 Å². The van der Waals surface area contributed by atoms with E-state index in [9.17, 15) is 0 Å². The average molecular weight is 277 g/mol. The monoisotopic (exact) mass is 277 g/mol. The van der Waals surface area contributed by atoms with Crippen molar-refractivity contribution >= 4 is 5.82 Å². The summed E-state index contributed by atoms with van der Waals surface area (Å²) in [5.74, 6) is 1.14. The predicted octanol–water partition coefficient (Wildman–Crippen LogP) is 3.99. The lowest BCUT2D eigenvalue weighted by molar-refractivity contribution is 0.652. The molecule has 0 aliphatic rings. The number of hydrogen-bond acceptors (Lipinski definition) is 3. The summed E-state index contributed by atoms with van der Waals surface area (Å²) in [7, 11) is 0. The van der Waals surface area contributed by atoms with E-state index < -0.39 is 0 Å². The third-order valence-corrected chi connectivity index (χ3v) is 3.41. The first-order valence-electron chi connectivity index (χ1n) is 8.23. The van der Waals surface area contributed by atoms with E-state index in [-0.39, 0.29) is 0 Å². The van der Waals surface area contributed by atoms with Crippen LogP contribution in [0.25, 0.3) is 0 Å². The maximum Gasteiger partial charge on any atom is 0.128 e. The van der Waals surface area contributed by atoms with Gasteiger partial charge in [0.2, 0.25) is 0 Å². The van der Waals surface area contributed by atoms with Gasteiger partial charge in [0.15, 0.2) is 0 Å². The summed E-state index contributed by atoms with van der Waals surface area (Å²) in [4.78, 5) is 7.25. The first-order valence-corrected chi connectivity index (χ1v) is 8.23. The third-order valence-electron chi connectivity index (χ3n) is 3.41. The maximum atomic E-state index is 4.81. The fourth-order valence-corrected chi connectivity index (χ4v) is 2.17. The van der Waals surface area contributed by atoms with Gasteiger partial charge >= 0.3 is 0 Å². The van der Waals surface area contributed by atoms with Gasteiger partial charge in [-0.3, -0.25) is 0 Å². The van der Waals surface area contributed by atoms with Crippen LogP contribution in [-0.2, 0) is 6.54 Å². The Morgan fingerprint density at radius 3 is 2.30 bits per heavy atom. The Balaban J connectivity index is 2.65. The second kappa shape index (κ2) is 10.7. The smallest absolute Gasteiger partial charge is 0.128 e. The fraction of sp³-hybridized carbons (Fsp3) is 0.706. The Labute approximate surface area is 124 Å². The molecule has 0 radical (unpaired) electrons. The van der Waals surface area contributed by atoms with E-state index in [1.807, 2.05) is 0 Å². The van der Waals surface area contributed by atoms with Crippen LogP contribution < -0.4 is 10.2 Å². The fourth-order valence-electron chi connectivity index (χ4n) is 2.17. The van der Waals surface area contributed by atoms with E-state index in [2.05, 4.69) is 49.2 Å². The highest BCUT2D eigenvalue weighted by Gasteiger charge is 2.07. The van der Waals surface area contributed by atoms with Crippen molar-refractivity contribution < 1.29 is 0 Å². The number of rotatable bonds is 11. The van der Waals surface area contributed by atoms with Gasteiger partial charge in [-0.2, -0.15) is 0 Å². The minimum absolute atomic E-state index is 0.872. The molecule has 3 nitrogen and oxygen atoms in total. The summed E-state index contributed by atoms with van der Waals surface area (Å²) in [6.45, 7) is 10.9. The predicted molar refractivity (Wildman–Crippen MR) is 88.3 cm³/mol. The van der Waals surface area contributed by atoms with Crippen LogP contribution in [0, 0.1) is 0 Å². The zero-order valence-corrected chi connectivity index (χ0v) is 13.5. The highest BCUT2D eigenvalue weighted by atomic mass is 15.2. The zero-order chi connectivity index (χ0) is 14.6. The van der Waals surface area contributed by atoms with Crippen LogP contribution in [0.1, 0.15) is 58.6 Å². The van der Waals surface area contributed by atoms with Gasteiger partial charge in [0.05, 0.1) is 5.69 Å². The highest BCUT2D eigenvalue weighted by Crippen LogP contribution is 2.13. The summed E-state index contributed by atoms with van der Waals surface area (Å²) < 4.78 is 0. The van der Waals surface area contributed by atoms with E-state index in [0.29, 0.717) is 0 Å². The quantitative estimate of drug-likeness (QED) is 0.620. The summed E-state index contributed by atoms with van der Waals surface area (Å²) in [6, 6.07) is 6.40. The number of aromatic nitrogens is 1. The SMILES string of the molecule is CCCCN(CCCC)c1cccc(CNCCC)n1. The Morgan fingerprint density at radius 1 is 1.00 bits per heavy atom. The lowest BCUT2D eigenvalue weighted by Crippen LogP contribution is -2.27. The normalized spacial score (nSPS) is 10.8. The van der Waals surface area contributed by atoms with Crippen molar-refractivity contribution in [2.75, 3.05) is 24.5 Å². The molecule has 114 valence electrons. The molecule has 0 bridgehead atoms. The Bertz CT molecular complexity index is 344. The molecule has 3 heteroatoms. The molecule has 0 atom stereocenters. The average Bonchev–Trinajstić information content (AvgIpc) is 2.48. The van der Waals surface area contributed by atoms with Crippen LogP contribution >= 0.6 is 0 Å². The minimum Gasteiger partial charge on any atom is -0.357 e. The summed E-state index contributed by atoms with van der Waals surface area (Å²) >= 11 is 0. The molecule has 0 saturated heterocycles. The van der Waals surface area contributed by atoms with Crippen molar-refractivity contribution in [3.05, 3.63) is 23.9 Å². The molecule has 0 unspecified atom stereocenters. The van der Waals surface area contributed by atoms with E-state index in [1.165, 1.54) is 32.1 Å². The summed E-state index contributed by atoms with van der Waals surface area (Å²) in [5, 5.41) is 3.42. The number of nitrogens with zero attached hydrogens (tertiary/aromatic N) is 2. The first kappa shape index (κ1) is 17.0. The Morgan fingerprint density at radius 2 is 1.70 bits per heavy atom. The number of hydrogen-bond donors (Lipinski definition) is 1. The van der Waals surface area contributed by atoms with Crippen molar-refractivity contribution in [2.24, 2.45) is 0 Å². The van der Waals surface area contributed by atoms with Crippen LogP contribution in [-0.4, -0.2) is 24.6 Å². The minimum atomic E-state index is 0.872. The second-order valence-electron chi connectivity index (χ2n) is 5.36. The molecule has 0 spiro atoms. The van der Waals surface area contributed by atoms with E-state index in [0.717, 1.165) is 37.7 Å². The van der Waals surface area contributed by atoms with Crippen LogP contribution in [0.3, 0.4) is 0 Å².